The van der Waals surface area contributed by atoms with Crippen LogP contribution in [0.2, 0.25) is 5.02 Å². The van der Waals surface area contributed by atoms with Crippen LogP contribution in [-0.4, -0.2) is 48.1 Å². The van der Waals surface area contributed by atoms with Gasteiger partial charge in [0.25, 0.3) is 0 Å². The van der Waals surface area contributed by atoms with E-state index in [1.54, 1.807) is 12.1 Å². The highest BCUT2D eigenvalue weighted by atomic mass is 35.5. The Morgan fingerprint density at radius 3 is 2.91 bits per heavy atom. The number of benzene rings is 1. The fourth-order valence-electron chi connectivity index (χ4n) is 2.52. The molecule has 1 fully saturated rings. The number of hydrogen-bond acceptors (Lipinski definition) is 6. The van der Waals surface area contributed by atoms with E-state index >= 15 is 0 Å². The summed E-state index contributed by atoms with van der Waals surface area (Å²) in [6.07, 6.45) is 0.647. The van der Waals surface area contributed by atoms with Crippen molar-refractivity contribution in [1.82, 2.24) is 15.1 Å². The summed E-state index contributed by atoms with van der Waals surface area (Å²) in [6.45, 7) is 0.424. The molecule has 3 rings (SSSR count). The van der Waals surface area contributed by atoms with Crippen molar-refractivity contribution in [2.75, 3.05) is 18.6 Å². The second kappa shape index (κ2) is 5.98. The Morgan fingerprint density at radius 1 is 1.41 bits per heavy atom. The first-order chi connectivity index (χ1) is 10.4. The quantitative estimate of drug-likeness (QED) is 0.846. The topological polar surface area (TPSA) is 76.3 Å². The smallest absolute Gasteiger partial charge is 0.247 e. The molecule has 6 nitrogen and oxygen atoms in total. The highest BCUT2D eigenvalue weighted by molar-refractivity contribution is 7.91. The van der Waals surface area contributed by atoms with Gasteiger partial charge in [-0.3, -0.25) is 4.90 Å². The van der Waals surface area contributed by atoms with E-state index in [0.717, 1.165) is 5.56 Å². The lowest BCUT2D eigenvalue weighted by molar-refractivity contribution is 0.230. The van der Waals surface area contributed by atoms with E-state index in [4.69, 9.17) is 16.0 Å². The number of halogens is 1. The van der Waals surface area contributed by atoms with Gasteiger partial charge < -0.3 is 4.42 Å². The maximum atomic E-state index is 11.5. The van der Waals surface area contributed by atoms with Crippen molar-refractivity contribution in [3.8, 4) is 11.5 Å². The molecule has 1 saturated heterocycles. The first kappa shape index (κ1) is 15.5. The number of nitrogens with zero attached hydrogens (tertiary/aromatic N) is 3. The van der Waals surface area contributed by atoms with Crippen molar-refractivity contribution < 1.29 is 12.8 Å². The summed E-state index contributed by atoms with van der Waals surface area (Å²) < 4.78 is 28.7. The molecule has 1 unspecified atom stereocenters. The van der Waals surface area contributed by atoms with Crippen LogP contribution in [0, 0.1) is 0 Å². The number of rotatable bonds is 4. The summed E-state index contributed by atoms with van der Waals surface area (Å²) in [7, 11) is -1.03. The molecule has 118 valence electrons. The maximum absolute atomic E-state index is 11.5. The van der Waals surface area contributed by atoms with E-state index in [9.17, 15) is 8.42 Å². The molecule has 0 saturated carbocycles. The predicted octanol–water partition coefficient (Wildman–Crippen LogP) is 2.01. The minimum atomic E-state index is -2.90. The zero-order valence-electron chi connectivity index (χ0n) is 12.1. The van der Waals surface area contributed by atoms with Crippen molar-refractivity contribution in [2.24, 2.45) is 0 Å². The van der Waals surface area contributed by atoms with Gasteiger partial charge in [0.15, 0.2) is 9.84 Å². The minimum Gasteiger partial charge on any atom is -0.419 e. The van der Waals surface area contributed by atoms with Gasteiger partial charge in [-0.2, -0.15) is 0 Å². The highest BCUT2D eigenvalue weighted by Gasteiger charge is 2.31. The Kier molecular flexibility index (Phi) is 4.20. The van der Waals surface area contributed by atoms with E-state index in [1.807, 2.05) is 24.1 Å². The Hall–Kier alpha value is -1.44. The predicted molar refractivity (Wildman–Crippen MR) is 83.3 cm³/mol. The molecule has 1 aromatic carbocycles. The first-order valence-electron chi connectivity index (χ1n) is 6.92. The zero-order chi connectivity index (χ0) is 15.7. The van der Waals surface area contributed by atoms with Crippen molar-refractivity contribution in [3.05, 3.63) is 35.2 Å². The van der Waals surface area contributed by atoms with E-state index in [2.05, 4.69) is 10.2 Å². The fourth-order valence-corrected chi connectivity index (χ4v) is 4.52. The highest BCUT2D eigenvalue weighted by Crippen LogP contribution is 2.23. The summed E-state index contributed by atoms with van der Waals surface area (Å²) in [6, 6.07) is 7.20. The van der Waals surface area contributed by atoms with Gasteiger partial charge in [0.1, 0.15) is 0 Å². The summed E-state index contributed by atoms with van der Waals surface area (Å²) in [5.74, 6) is 1.31. The third-order valence-corrected chi connectivity index (χ3v) is 5.74. The lowest BCUT2D eigenvalue weighted by Gasteiger charge is -2.20. The number of aromatic nitrogens is 2. The van der Waals surface area contributed by atoms with Crippen LogP contribution in [0.3, 0.4) is 0 Å². The number of sulfone groups is 1. The molecule has 0 N–H and O–H groups in total. The van der Waals surface area contributed by atoms with Crippen LogP contribution in [0.25, 0.3) is 11.5 Å². The third-order valence-electron chi connectivity index (χ3n) is 3.75. The van der Waals surface area contributed by atoms with Gasteiger partial charge in [0, 0.05) is 16.6 Å². The van der Waals surface area contributed by atoms with Gasteiger partial charge in [-0.25, -0.2) is 8.42 Å². The molecule has 8 heteroatoms. The molecule has 1 aliphatic heterocycles. The second-order valence-corrected chi connectivity index (χ2v) is 8.15. The molecule has 0 aliphatic carbocycles. The standard InChI is InChI=1S/C14H16ClN3O3S/c1-18(12-5-6-22(19,20)9-12)8-13-16-17-14(21-13)10-3-2-4-11(15)7-10/h2-4,7,12H,5-6,8-9H2,1H3. The summed E-state index contributed by atoms with van der Waals surface area (Å²) in [4.78, 5) is 1.94. The summed E-state index contributed by atoms with van der Waals surface area (Å²) >= 11 is 5.94. The normalized spacial score (nSPS) is 20.6. The molecule has 2 heterocycles. The molecule has 2 aromatic rings. The lowest BCUT2D eigenvalue weighted by Crippen LogP contribution is -2.32. The monoisotopic (exact) mass is 341 g/mol. The van der Waals surface area contributed by atoms with Gasteiger partial charge in [-0.05, 0) is 31.7 Å². The molecular formula is C14H16ClN3O3S. The lowest BCUT2D eigenvalue weighted by atomic mass is 10.2. The van der Waals surface area contributed by atoms with E-state index in [0.29, 0.717) is 29.8 Å². The zero-order valence-corrected chi connectivity index (χ0v) is 13.6. The van der Waals surface area contributed by atoms with Gasteiger partial charge >= 0.3 is 0 Å². The van der Waals surface area contributed by atoms with E-state index in [1.165, 1.54) is 0 Å². The van der Waals surface area contributed by atoms with Crippen molar-refractivity contribution >= 4 is 21.4 Å². The van der Waals surface area contributed by atoms with E-state index in [-0.39, 0.29) is 17.5 Å². The second-order valence-electron chi connectivity index (χ2n) is 5.48. The van der Waals surface area contributed by atoms with Crippen LogP contribution >= 0.6 is 11.6 Å². The van der Waals surface area contributed by atoms with Gasteiger partial charge in [-0.1, -0.05) is 17.7 Å². The SMILES string of the molecule is CN(Cc1nnc(-c2cccc(Cl)c2)o1)C1CCS(=O)(=O)C1. The first-order valence-corrected chi connectivity index (χ1v) is 9.12. The molecule has 0 amide bonds. The van der Waals surface area contributed by atoms with Crippen LogP contribution in [0.1, 0.15) is 12.3 Å². The Balaban J connectivity index is 1.69. The van der Waals surface area contributed by atoms with Crippen molar-refractivity contribution in [3.63, 3.8) is 0 Å². The maximum Gasteiger partial charge on any atom is 0.247 e. The fraction of sp³-hybridized carbons (Fsp3) is 0.429. The average molecular weight is 342 g/mol. The molecule has 0 spiro atoms. The van der Waals surface area contributed by atoms with Crippen LogP contribution in [0.15, 0.2) is 28.7 Å². The minimum absolute atomic E-state index is 0.00604. The number of hydrogen-bond donors (Lipinski definition) is 0. The summed E-state index contributed by atoms with van der Waals surface area (Å²) in [5.41, 5.74) is 0.761. The van der Waals surface area contributed by atoms with Crippen LogP contribution in [0.5, 0.6) is 0 Å². The molecule has 1 aromatic heterocycles. The molecule has 22 heavy (non-hydrogen) atoms. The molecular weight excluding hydrogens is 326 g/mol. The van der Waals surface area contributed by atoms with Crippen molar-refractivity contribution in [1.29, 1.82) is 0 Å². The Bertz CT molecular complexity index is 775. The van der Waals surface area contributed by atoms with Crippen LogP contribution < -0.4 is 0 Å². The van der Waals surface area contributed by atoms with Crippen LogP contribution in [0.4, 0.5) is 0 Å². The molecule has 0 radical (unpaired) electrons. The molecule has 0 bridgehead atoms. The largest absolute Gasteiger partial charge is 0.419 e. The third kappa shape index (κ3) is 3.48. The molecule has 1 aliphatic rings. The Labute approximate surface area is 134 Å². The Morgan fingerprint density at radius 2 is 2.23 bits per heavy atom. The van der Waals surface area contributed by atoms with E-state index < -0.39 is 9.84 Å². The average Bonchev–Trinajstić information content (AvgIpc) is 3.05. The molecule has 1 atom stereocenters. The van der Waals surface area contributed by atoms with Gasteiger partial charge in [-0.15, -0.1) is 10.2 Å². The van der Waals surface area contributed by atoms with Gasteiger partial charge in [0.2, 0.25) is 11.8 Å². The van der Waals surface area contributed by atoms with Gasteiger partial charge in [0.05, 0.1) is 18.1 Å². The summed E-state index contributed by atoms with van der Waals surface area (Å²) in [5, 5.41) is 8.64. The van der Waals surface area contributed by atoms with Crippen molar-refractivity contribution in [2.45, 2.75) is 19.0 Å². The van der Waals surface area contributed by atoms with Crippen LogP contribution in [-0.2, 0) is 16.4 Å².